The molecule has 0 bridgehead atoms. The molecule has 3 heterocycles. The van der Waals surface area contributed by atoms with E-state index in [0.717, 1.165) is 38.9 Å². The lowest BCUT2D eigenvalue weighted by atomic mass is 9.84. The van der Waals surface area contributed by atoms with Gasteiger partial charge in [-0.05, 0) is 60.7 Å². The maximum absolute atomic E-state index is 13.6. The molecule has 11 heteroatoms. The molecule has 0 amide bonds. The van der Waals surface area contributed by atoms with Crippen LogP contribution in [0.4, 0.5) is 0 Å². The summed E-state index contributed by atoms with van der Waals surface area (Å²) in [5.74, 6) is -1.14. The summed E-state index contributed by atoms with van der Waals surface area (Å²) >= 11 is 0. The van der Waals surface area contributed by atoms with Crippen molar-refractivity contribution in [2.45, 2.75) is 50.7 Å². The minimum absolute atomic E-state index is 0.0855. The van der Waals surface area contributed by atoms with Crippen LogP contribution in [0.1, 0.15) is 47.1 Å². The van der Waals surface area contributed by atoms with Crippen molar-refractivity contribution in [1.29, 1.82) is 0 Å². The first-order chi connectivity index (χ1) is 18.1. The number of nitrogens with zero attached hydrogens (tertiary/aromatic N) is 5. The predicted molar refractivity (Wildman–Crippen MR) is 140 cm³/mol. The maximum Gasteiger partial charge on any atom is 0.304 e. The van der Waals surface area contributed by atoms with Gasteiger partial charge in [0.25, 0.3) is 0 Å². The van der Waals surface area contributed by atoms with Crippen molar-refractivity contribution < 1.29 is 23.1 Å². The van der Waals surface area contributed by atoms with Gasteiger partial charge in [0, 0.05) is 25.7 Å². The summed E-state index contributed by atoms with van der Waals surface area (Å²) in [5.41, 5.74) is 5.81. The second-order valence-corrected chi connectivity index (χ2v) is 11.7. The van der Waals surface area contributed by atoms with E-state index in [-0.39, 0.29) is 36.3 Å². The first-order valence-corrected chi connectivity index (χ1v) is 13.7. The Labute approximate surface area is 220 Å². The van der Waals surface area contributed by atoms with Gasteiger partial charge in [0.2, 0.25) is 10.0 Å². The number of ether oxygens (including phenoxy) is 1. The van der Waals surface area contributed by atoms with Crippen LogP contribution in [0, 0.1) is 13.8 Å². The molecule has 10 nitrogen and oxygen atoms in total. The van der Waals surface area contributed by atoms with Gasteiger partial charge in [-0.1, -0.05) is 29.5 Å². The molecule has 0 saturated carbocycles. The largest absolute Gasteiger partial charge is 0.486 e. The molecule has 0 aliphatic carbocycles. The molecule has 0 radical (unpaired) electrons. The summed E-state index contributed by atoms with van der Waals surface area (Å²) < 4.78 is 36.1. The van der Waals surface area contributed by atoms with Gasteiger partial charge in [0.1, 0.15) is 16.5 Å². The Morgan fingerprint density at radius 1 is 1.21 bits per heavy atom. The normalized spacial score (nSPS) is 17.9. The molecule has 1 aliphatic heterocycles. The van der Waals surface area contributed by atoms with Gasteiger partial charge >= 0.3 is 5.97 Å². The predicted octanol–water partition coefficient (Wildman–Crippen LogP) is 3.56. The van der Waals surface area contributed by atoms with Crippen molar-refractivity contribution in [3.05, 3.63) is 76.6 Å². The number of carboxylic acids is 1. The lowest BCUT2D eigenvalue weighted by Gasteiger charge is -2.24. The number of fused-ring (bicyclic) bond motifs is 2. The topological polar surface area (TPSA) is 128 Å². The molecule has 2 aromatic carbocycles. The number of carboxylic acid groups (broad SMARTS) is 1. The quantitative estimate of drug-likeness (QED) is 0.397. The van der Waals surface area contributed by atoms with E-state index in [9.17, 15) is 18.3 Å². The molecule has 0 fully saturated rings. The van der Waals surface area contributed by atoms with Crippen LogP contribution in [0.3, 0.4) is 0 Å². The van der Waals surface area contributed by atoms with Crippen LogP contribution in [0.2, 0.25) is 0 Å². The van der Waals surface area contributed by atoms with Gasteiger partial charge in [-0.25, -0.2) is 13.1 Å². The standard InChI is InChI=1S/C27H29N5O5S/c1-16-5-6-19(22(12-26(33)34)21-7-8-23-27(18(21)3)29-30-31(23)4)11-20(16)15-32-14-17(2)37-24-13-28-10-9-25(24)38(32,35)36/h5-11,13,17,22H,12,14-15H2,1-4H3,(H,33,34)/t17-,22?/m1/s1. The van der Waals surface area contributed by atoms with E-state index in [2.05, 4.69) is 15.3 Å². The molecular formula is C27H29N5O5S. The first kappa shape index (κ1) is 25.8. The van der Waals surface area contributed by atoms with Gasteiger partial charge in [0.05, 0.1) is 24.7 Å². The van der Waals surface area contributed by atoms with Crippen molar-refractivity contribution in [1.82, 2.24) is 24.3 Å². The fraction of sp³-hybridized carbons (Fsp3) is 0.333. The Morgan fingerprint density at radius 3 is 2.76 bits per heavy atom. The molecular weight excluding hydrogens is 506 g/mol. The number of sulfonamides is 1. The molecule has 2 aromatic heterocycles. The monoisotopic (exact) mass is 535 g/mol. The number of benzene rings is 2. The van der Waals surface area contributed by atoms with E-state index in [1.54, 1.807) is 4.68 Å². The number of pyridine rings is 1. The highest BCUT2D eigenvalue weighted by atomic mass is 32.2. The highest BCUT2D eigenvalue weighted by Crippen LogP contribution is 2.35. The van der Waals surface area contributed by atoms with E-state index in [1.807, 2.05) is 58.2 Å². The molecule has 2 atom stereocenters. The molecule has 5 rings (SSSR count). The lowest BCUT2D eigenvalue weighted by molar-refractivity contribution is -0.137. The summed E-state index contributed by atoms with van der Waals surface area (Å²) in [6, 6.07) is 11.0. The Bertz CT molecular complexity index is 1650. The summed E-state index contributed by atoms with van der Waals surface area (Å²) in [7, 11) is -2.03. The van der Waals surface area contributed by atoms with Crippen molar-refractivity contribution in [2.24, 2.45) is 7.05 Å². The zero-order valence-electron chi connectivity index (χ0n) is 21.6. The lowest BCUT2D eigenvalue weighted by Crippen LogP contribution is -2.35. The minimum Gasteiger partial charge on any atom is -0.486 e. The summed E-state index contributed by atoms with van der Waals surface area (Å²) in [6.45, 7) is 5.96. The number of hydrogen-bond donors (Lipinski definition) is 1. The highest BCUT2D eigenvalue weighted by Gasteiger charge is 2.34. The van der Waals surface area contributed by atoms with Crippen molar-refractivity contribution in [3.63, 3.8) is 0 Å². The van der Waals surface area contributed by atoms with Gasteiger partial charge < -0.3 is 9.84 Å². The van der Waals surface area contributed by atoms with Crippen LogP contribution >= 0.6 is 0 Å². The van der Waals surface area contributed by atoms with E-state index in [1.165, 1.54) is 22.8 Å². The van der Waals surface area contributed by atoms with Crippen LogP contribution in [-0.4, -0.2) is 56.4 Å². The minimum atomic E-state index is -3.84. The van der Waals surface area contributed by atoms with Crippen molar-refractivity contribution in [3.8, 4) is 5.75 Å². The number of rotatable bonds is 6. The number of aromatic nitrogens is 4. The molecule has 1 N–H and O–H groups in total. The van der Waals surface area contributed by atoms with Crippen molar-refractivity contribution in [2.75, 3.05) is 6.54 Å². The number of aliphatic carboxylic acids is 1. The van der Waals surface area contributed by atoms with Gasteiger partial charge in [-0.2, -0.15) is 4.31 Å². The molecule has 198 valence electrons. The average Bonchev–Trinajstić information content (AvgIpc) is 3.21. The number of hydrogen-bond acceptors (Lipinski definition) is 7. The summed E-state index contributed by atoms with van der Waals surface area (Å²) in [4.78, 5) is 16.0. The fourth-order valence-corrected chi connectivity index (χ4v) is 6.65. The third-order valence-electron chi connectivity index (χ3n) is 7.11. The highest BCUT2D eigenvalue weighted by molar-refractivity contribution is 7.89. The number of aryl methyl sites for hydroxylation is 3. The van der Waals surface area contributed by atoms with Crippen LogP contribution < -0.4 is 4.74 Å². The van der Waals surface area contributed by atoms with Crippen LogP contribution in [0.15, 0.2) is 53.7 Å². The SMILES string of the molecule is Cc1ccc(C(CC(=O)O)c2ccc3c(nnn3C)c2C)cc1CN1C[C@@H](C)Oc2cnccc2S1(=O)=O. The second kappa shape index (κ2) is 9.80. The van der Waals surface area contributed by atoms with Crippen LogP contribution in [0.5, 0.6) is 5.75 Å². The Kier molecular flexibility index (Phi) is 6.66. The first-order valence-electron chi connectivity index (χ1n) is 12.3. The molecule has 0 spiro atoms. The van der Waals surface area contributed by atoms with Crippen LogP contribution in [-0.2, 0) is 28.4 Å². The second-order valence-electron chi connectivity index (χ2n) is 9.75. The Hall–Kier alpha value is -3.83. The molecule has 38 heavy (non-hydrogen) atoms. The molecule has 1 unspecified atom stereocenters. The third-order valence-corrected chi connectivity index (χ3v) is 8.96. The average molecular weight is 536 g/mol. The summed E-state index contributed by atoms with van der Waals surface area (Å²) in [5, 5.41) is 18.2. The van der Waals surface area contributed by atoms with E-state index in [4.69, 9.17) is 4.74 Å². The van der Waals surface area contributed by atoms with Gasteiger partial charge in [-0.15, -0.1) is 5.10 Å². The molecule has 1 aliphatic rings. The zero-order valence-corrected chi connectivity index (χ0v) is 22.4. The van der Waals surface area contributed by atoms with Crippen molar-refractivity contribution >= 4 is 27.0 Å². The van der Waals surface area contributed by atoms with E-state index in [0.29, 0.717) is 0 Å². The number of carbonyl (C=O) groups is 1. The van der Waals surface area contributed by atoms with Crippen LogP contribution in [0.25, 0.3) is 11.0 Å². The molecule has 4 aromatic rings. The Morgan fingerprint density at radius 2 is 2.00 bits per heavy atom. The van der Waals surface area contributed by atoms with Gasteiger partial charge in [0.15, 0.2) is 5.75 Å². The van der Waals surface area contributed by atoms with E-state index < -0.39 is 21.9 Å². The Balaban J connectivity index is 1.56. The smallest absolute Gasteiger partial charge is 0.304 e. The summed E-state index contributed by atoms with van der Waals surface area (Å²) in [6.07, 6.45) is 2.36. The third kappa shape index (κ3) is 4.63. The zero-order chi connectivity index (χ0) is 27.2. The van der Waals surface area contributed by atoms with Gasteiger partial charge in [-0.3, -0.25) is 9.78 Å². The fourth-order valence-electron chi connectivity index (χ4n) is 5.07. The maximum atomic E-state index is 13.6. The molecule has 0 saturated heterocycles. The van der Waals surface area contributed by atoms with E-state index >= 15 is 0 Å².